The third-order valence-electron chi connectivity index (χ3n) is 4.97. The van der Waals surface area contributed by atoms with Crippen molar-refractivity contribution in [1.29, 1.82) is 0 Å². The van der Waals surface area contributed by atoms with Crippen LogP contribution in [0.25, 0.3) is 0 Å². The molecule has 1 unspecified atom stereocenters. The fraction of sp³-hybridized carbons (Fsp3) is 0.650. The number of nitrogens with one attached hydrogen (secondary N) is 2. The average molecular weight is 569 g/mol. The highest BCUT2D eigenvalue weighted by molar-refractivity contribution is 14.0. The van der Waals surface area contributed by atoms with Gasteiger partial charge in [-0.25, -0.2) is 0 Å². The van der Waals surface area contributed by atoms with Crippen LogP contribution >= 0.6 is 39.9 Å². The maximum Gasteiger partial charge on any atom is 0.191 e. The van der Waals surface area contributed by atoms with Crippen molar-refractivity contribution >= 4 is 45.9 Å². The first-order valence-electron chi connectivity index (χ1n) is 9.65. The van der Waals surface area contributed by atoms with Gasteiger partial charge in [-0.1, -0.05) is 12.1 Å². The molecule has 0 aliphatic carbocycles. The first-order valence-corrected chi connectivity index (χ1v) is 10.4. The van der Waals surface area contributed by atoms with Crippen LogP contribution in [0.4, 0.5) is 0 Å². The molecule has 0 aromatic heterocycles. The molecule has 0 radical (unpaired) electrons. The van der Waals surface area contributed by atoms with Crippen molar-refractivity contribution in [2.75, 3.05) is 46.9 Å². The van der Waals surface area contributed by atoms with Crippen molar-refractivity contribution in [2.24, 2.45) is 4.99 Å². The zero-order valence-electron chi connectivity index (χ0n) is 17.3. The molecule has 1 saturated heterocycles. The van der Waals surface area contributed by atoms with E-state index in [2.05, 4.69) is 59.4 Å². The van der Waals surface area contributed by atoms with Crippen molar-refractivity contribution in [1.82, 2.24) is 15.5 Å². The van der Waals surface area contributed by atoms with Gasteiger partial charge in [-0.2, -0.15) is 0 Å². The molecule has 160 valence electrons. The minimum atomic E-state index is 0. The fourth-order valence-electron chi connectivity index (χ4n) is 3.11. The van der Waals surface area contributed by atoms with Gasteiger partial charge in [0.1, 0.15) is 11.9 Å². The summed E-state index contributed by atoms with van der Waals surface area (Å²) in [5.74, 6) is 1.68. The molecular formula is C20H34BrIN4O2. The summed E-state index contributed by atoms with van der Waals surface area (Å²) < 4.78 is 12.5. The lowest BCUT2D eigenvalue weighted by atomic mass is 9.89. The number of guanidine groups is 1. The SMILES string of the molecule is CCNC(=NCC1(N(C)C)CCOCC1)NCC(C)Oc1ccccc1Br.I. The average Bonchev–Trinajstić information content (AvgIpc) is 2.66. The number of likely N-dealkylation sites (N-methyl/N-ethyl adjacent to an activating group) is 1. The number of nitrogens with zero attached hydrogens (tertiary/aromatic N) is 2. The topological polar surface area (TPSA) is 58.1 Å². The summed E-state index contributed by atoms with van der Waals surface area (Å²) in [6, 6.07) is 7.90. The number of hydrogen-bond acceptors (Lipinski definition) is 4. The molecule has 8 heteroatoms. The standard InChI is InChI=1S/C20H33BrN4O2.HI/c1-5-22-19(24-15-20(25(3)4)10-12-26-13-11-20)23-14-16(2)27-18-9-7-6-8-17(18)21;/h6-9,16H,5,10-15H2,1-4H3,(H2,22,23,24);1H. The van der Waals surface area contributed by atoms with E-state index in [1.54, 1.807) is 0 Å². The maximum atomic E-state index is 6.01. The van der Waals surface area contributed by atoms with E-state index in [9.17, 15) is 0 Å². The largest absolute Gasteiger partial charge is 0.488 e. The highest BCUT2D eigenvalue weighted by Crippen LogP contribution is 2.26. The van der Waals surface area contributed by atoms with Gasteiger partial charge in [0.05, 0.1) is 17.6 Å². The maximum absolute atomic E-state index is 6.01. The molecule has 1 fully saturated rings. The van der Waals surface area contributed by atoms with Crippen LogP contribution in [0.2, 0.25) is 0 Å². The summed E-state index contributed by atoms with van der Waals surface area (Å²) in [4.78, 5) is 7.15. The monoisotopic (exact) mass is 568 g/mol. The molecule has 1 aliphatic heterocycles. The van der Waals surface area contributed by atoms with E-state index in [1.165, 1.54) is 0 Å². The normalized spacial score (nSPS) is 17.6. The lowest BCUT2D eigenvalue weighted by Gasteiger charge is -2.41. The fourth-order valence-corrected chi connectivity index (χ4v) is 3.48. The Hall–Kier alpha value is -0.580. The summed E-state index contributed by atoms with van der Waals surface area (Å²) in [5.41, 5.74) is 0.0671. The summed E-state index contributed by atoms with van der Waals surface area (Å²) in [5, 5.41) is 6.74. The zero-order chi connectivity index (χ0) is 19.7. The number of halogens is 2. The van der Waals surface area contributed by atoms with Crippen molar-refractivity contribution in [3.8, 4) is 5.75 Å². The number of benzene rings is 1. The Bertz CT molecular complexity index is 610. The van der Waals surface area contributed by atoms with E-state index >= 15 is 0 Å². The van der Waals surface area contributed by atoms with E-state index < -0.39 is 0 Å². The van der Waals surface area contributed by atoms with Crippen molar-refractivity contribution in [3.05, 3.63) is 28.7 Å². The third kappa shape index (κ3) is 7.68. The second-order valence-electron chi connectivity index (χ2n) is 7.17. The molecule has 1 aromatic carbocycles. The summed E-state index contributed by atoms with van der Waals surface area (Å²) in [6.45, 7) is 7.97. The van der Waals surface area contributed by atoms with Gasteiger partial charge in [0, 0.05) is 25.3 Å². The minimum absolute atomic E-state index is 0. The number of hydrogen-bond donors (Lipinski definition) is 2. The van der Waals surface area contributed by atoms with Crippen LogP contribution in [0.3, 0.4) is 0 Å². The Morgan fingerprint density at radius 3 is 2.57 bits per heavy atom. The molecule has 0 bridgehead atoms. The van der Waals surface area contributed by atoms with Crippen LogP contribution in [0, 0.1) is 0 Å². The molecule has 0 spiro atoms. The number of ether oxygens (including phenoxy) is 2. The molecule has 1 heterocycles. The van der Waals surface area contributed by atoms with Crippen LogP contribution in [0.1, 0.15) is 26.7 Å². The molecule has 1 aliphatic rings. The predicted octanol–water partition coefficient (Wildman–Crippen LogP) is 3.50. The van der Waals surface area contributed by atoms with Gasteiger partial charge in [0.2, 0.25) is 0 Å². The van der Waals surface area contributed by atoms with Gasteiger partial charge in [-0.3, -0.25) is 4.99 Å². The van der Waals surface area contributed by atoms with E-state index in [-0.39, 0.29) is 35.6 Å². The number of aliphatic imine (C=N–C) groups is 1. The molecule has 2 rings (SSSR count). The molecule has 1 aromatic rings. The Balaban J connectivity index is 0.00000392. The Labute approximate surface area is 195 Å². The van der Waals surface area contributed by atoms with Crippen LogP contribution < -0.4 is 15.4 Å². The second-order valence-corrected chi connectivity index (χ2v) is 8.02. The predicted molar refractivity (Wildman–Crippen MR) is 130 cm³/mol. The van der Waals surface area contributed by atoms with Crippen molar-refractivity contribution in [3.63, 3.8) is 0 Å². The van der Waals surface area contributed by atoms with Crippen molar-refractivity contribution < 1.29 is 9.47 Å². The van der Waals surface area contributed by atoms with Crippen molar-refractivity contribution in [2.45, 2.75) is 38.3 Å². The second kappa shape index (κ2) is 12.9. The smallest absolute Gasteiger partial charge is 0.191 e. The summed E-state index contributed by atoms with van der Waals surface area (Å²) in [7, 11) is 4.27. The quantitative estimate of drug-likeness (QED) is 0.286. The molecule has 2 N–H and O–H groups in total. The first-order chi connectivity index (χ1) is 13.0. The van der Waals surface area contributed by atoms with Gasteiger partial charge >= 0.3 is 0 Å². The lowest BCUT2D eigenvalue weighted by molar-refractivity contribution is -0.00255. The van der Waals surface area contributed by atoms with Crippen LogP contribution in [-0.4, -0.2) is 69.4 Å². The Morgan fingerprint density at radius 2 is 1.96 bits per heavy atom. The van der Waals surface area contributed by atoms with Crippen LogP contribution in [0.5, 0.6) is 5.75 Å². The molecule has 0 amide bonds. The van der Waals surface area contributed by atoms with Gasteiger partial charge in [0.25, 0.3) is 0 Å². The van der Waals surface area contributed by atoms with Crippen LogP contribution in [0.15, 0.2) is 33.7 Å². The van der Waals surface area contributed by atoms with E-state index in [0.717, 1.165) is 55.3 Å². The van der Waals surface area contributed by atoms with Gasteiger partial charge in [-0.15, -0.1) is 24.0 Å². The highest BCUT2D eigenvalue weighted by Gasteiger charge is 2.34. The van der Waals surface area contributed by atoms with E-state index in [1.807, 2.05) is 24.3 Å². The highest BCUT2D eigenvalue weighted by atomic mass is 127. The van der Waals surface area contributed by atoms with E-state index in [4.69, 9.17) is 14.5 Å². The lowest BCUT2D eigenvalue weighted by Crippen LogP contribution is -2.52. The number of rotatable bonds is 8. The molecular weight excluding hydrogens is 535 g/mol. The van der Waals surface area contributed by atoms with Gasteiger partial charge < -0.3 is 25.0 Å². The minimum Gasteiger partial charge on any atom is -0.488 e. The summed E-state index contributed by atoms with van der Waals surface area (Å²) >= 11 is 3.52. The molecule has 1 atom stereocenters. The van der Waals surface area contributed by atoms with Gasteiger partial charge in [-0.05, 0) is 68.8 Å². The molecule has 6 nitrogen and oxygen atoms in total. The Morgan fingerprint density at radius 1 is 1.29 bits per heavy atom. The third-order valence-corrected chi connectivity index (χ3v) is 5.62. The molecule has 28 heavy (non-hydrogen) atoms. The summed E-state index contributed by atoms with van der Waals surface area (Å²) in [6.07, 6.45) is 2.02. The van der Waals surface area contributed by atoms with Crippen LogP contribution in [-0.2, 0) is 4.74 Å². The zero-order valence-corrected chi connectivity index (χ0v) is 21.2. The van der Waals surface area contributed by atoms with Gasteiger partial charge in [0.15, 0.2) is 5.96 Å². The Kier molecular flexibility index (Phi) is 11.7. The molecule has 0 saturated carbocycles. The van der Waals surface area contributed by atoms with E-state index in [0.29, 0.717) is 6.54 Å². The number of para-hydroxylation sites is 1. The first kappa shape index (κ1) is 25.5.